The van der Waals surface area contributed by atoms with Gasteiger partial charge in [-0.2, -0.15) is 11.8 Å². The number of Topliss-reactive ketones (excluding diaryl/α,β-unsaturated/α-hetero) is 1. The molecule has 2 fully saturated rings. The van der Waals surface area contributed by atoms with Crippen molar-refractivity contribution in [2.45, 2.75) is 56.5 Å². The molecule has 1 saturated heterocycles. The molecule has 2 aliphatic carbocycles. The van der Waals surface area contributed by atoms with E-state index in [0.29, 0.717) is 12.8 Å². The van der Waals surface area contributed by atoms with Crippen molar-refractivity contribution < 1.29 is 14.3 Å². The van der Waals surface area contributed by atoms with Crippen molar-refractivity contribution >= 4 is 23.5 Å². The number of hydrogen-bond donors (Lipinski definition) is 2. The van der Waals surface area contributed by atoms with Gasteiger partial charge in [0.25, 0.3) is 0 Å². The predicted octanol–water partition coefficient (Wildman–Crippen LogP) is 2.48. The third-order valence-electron chi connectivity index (χ3n) is 6.93. The van der Waals surface area contributed by atoms with Crippen LogP contribution >= 0.6 is 11.8 Å². The fourth-order valence-corrected chi connectivity index (χ4v) is 7.26. The quantitative estimate of drug-likeness (QED) is 0.723. The van der Waals surface area contributed by atoms with Gasteiger partial charge in [0.1, 0.15) is 6.61 Å². The van der Waals surface area contributed by atoms with Gasteiger partial charge in [0.2, 0.25) is 5.91 Å². The van der Waals surface area contributed by atoms with Crippen LogP contribution in [0.2, 0.25) is 0 Å². The summed E-state index contributed by atoms with van der Waals surface area (Å²) in [6.07, 6.45) is 7.43. The summed E-state index contributed by atoms with van der Waals surface area (Å²) >= 11 is 1.80. The van der Waals surface area contributed by atoms with Crippen LogP contribution < -0.4 is 11.1 Å². The number of carbonyl (C=O) groups excluding carboxylic acids is 2. The van der Waals surface area contributed by atoms with Gasteiger partial charge in [-0.15, -0.1) is 6.42 Å². The lowest BCUT2D eigenvalue weighted by Gasteiger charge is -2.32. The van der Waals surface area contributed by atoms with Gasteiger partial charge >= 0.3 is 0 Å². The molecule has 3 aliphatic rings. The van der Waals surface area contributed by atoms with Crippen molar-refractivity contribution in [2.75, 3.05) is 12.4 Å². The molecule has 1 saturated carbocycles. The Hall–Kier alpha value is -1.81. The zero-order valence-electron chi connectivity index (χ0n) is 17.6. The monoisotopic (exact) mass is 426 g/mol. The van der Waals surface area contributed by atoms with Crippen LogP contribution in [0.25, 0.3) is 0 Å². The minimum Gasteiger partial charge on any atom is -0.363 e. The predicted molar refractivity (Wildman–Crippen MR) is 119 cm³/mol. The maximum absolute atomic E-state index is 13.7. The Morgan fingerprint density at radius 3 is 2.93 bits per heavy atom. The number of hydrogen-bond acceptors (Lipinski definition) is 5. The zero-order valence-corrected chi connectivity index (χ0v) is 18.4. The zero-order chi connectivity index (χ0) is 21.5. The Morgan fingerprint density at radius 1 is 1.40 bits per heavy atom. The average Bonchev–Trinajstić information content (AvgIpc) is 3.14. The molecular weight excluding hydrogens is 396 g/mol. The molecule has 1 unspecified atom stereocenters. The summed E-state index contributed by atoms with van der Waals surface area (Å²) in [6.45, 7) is 4.40. The normalized spacial score (nSPS) is 34.5. The number of terminal acetylenes is 1. The van der Waals surface area contributed by atoms with Crippen LogP contribution in [0.3, 0.4) is 0 Å². The number of ether oxygens (including phenoxy) is 1. The van der Waals surface area contributed by atoms with Gasteiger partial charge in [-0.25, -0.2) is 0 Å². The Morgan fingerprint density at radius 2 is 2.17 bits per heavy atom. The summed E-state index contributed by atoms with van der Waals surface area (Å²) in [5.74, 6) is 2.64. The van der Waals surface area contributed by atoms with E-state index in [1.165, 1.54) is 0 Å². The first-order valence-electron chi connectivity index (χ1n) is 10.7. The molecule has 0 bridgehead atoms. The topological polar surface area (TPSA) is 81.4 Å². The molecule has 6 heteroatoms. The molecule has 1 amide bonds. The number of nitrogens with two attached hydrogens (primary N) is 1. The number of carbonyl (C=O) groups is 2. The fourth-order valence-electron chi connectivity index (χ4n) is 5.52. The maximum atomic E-state index is 13.7. The molecule has 0 aromatic heterocycles. The third-order valence-corrected chi connectivity index (χ3v) is 8.29. The number of rotatable bonds is 4. The summed E-state index contributed by atoms with van der Waals surface area (Å²) in [4.78, 5) is 26.8. The molecule has 0 spiro atoms. The van der Waals surface area contributed by atoms with Crippen molar-refractivity contribution in [3.63, 3.8) is 0 Å². The number of nitrogens with one attached hydrogen (secondary N) is 1. The van der Waals surface area contributed by atoms with Crippen LogP contribution in [0, 0.1) is 29.6 Å². The standard InChI is InChI=1S/C24H30N2O3S/c1-4-10-29-17-12-14-7-5-6-8-15(14)21(17)26-23(28)20-19-18(13-24(20,2)3)30-11-9-16(25)22(19)27/h1,5-8,16-21H,9-13,25H2,2-3H3,(H,26,28)/t16-,17+,18-,19?,20+,21-/m0/s1. The van der Waals surface area contributed by atoms with E-state index < -0.39 is 12.0 Å². The molecule has 1 aromatic carbocycles. The van der Waals surface area contributed by atoms with Crippen LogP contribution in [-0.2, 0) is 20.7 Å². The number of ketones is 1. The van der Waals surface area contributed by atoms with Crippen molar-refractivity contribution in [2.24, 2.45) is 23.0 Å². The highest BCUT2D eigenvalue weighted by atomic mass is 32.2. The number of benzene rings is 1. The van der Waals surface area contributed by atoms with Crippen molar-refractivity contribution in [3.8, 4) is 12.3 Å². The Labute approximate surface area is 182 Å². The molecule has 4 rings (SSSR count). The van der Waals surface area contributed by atoms with E-state index in [9.17, 15) is 9.59 Å². The van der Waals surface area contributed by atoms with Gasteiger partial charge in [-0.05, 0) is 35.1 Å². The Kier molecular flexibility index (Phi) is 5.98. The number of fused-ring (bicyclic) bond motifs is 2. The van der Waals surface area contributed by atoms with Crippen LogP contribution in [0.5, 0.6) is 0 Å². The van der Waals surface area contributed by atoms with E-state index in [1.54, 1.807) is 11.8 Å². The Bertz CT molecular complexity index is 877. The Balaban J connectivity index is 1.61. The highest BCUT2D eigenvalue weighted by molar-refractivity contribution is 7.99. The molecule has 160 valence electrons. The minimum absolute atomic E-state index is 0.0441. The first-order valence-corrected chi connectivity index (χ1v) is 11.7. The van der Waals surface area contributed by atoms with E-state index in [0.717, 1.165) is 23.3 Å². The lowest BCUT2D eigenvalue weighted by molar-refractivity contribution is -0.136. The second-order valence-corrected chi connectivity index (χ2v) is 10.7. The fraction of sp³-hybridized carbons (Fsp3) is 0.583. The minimum atomic E-state index is -0.476. The van der Waals surface area contributed by atoms with Crippen LogP contribution in [0.4, 0.5) is 0 Å². The summed E-state index contributed by atoms with van der Waals surface area (Å²) in [7, 11) is 0. The van der Waals surface area contributed by atoms with Gasteiger partial charge in [0, 0.05) is 17.6 Å². The third kappa shape index (κ3) is 3.79. The average molecular weight is 427 g/mol. The number of amides is 1. The highest BCUT2D eigenvalue weighted by Crippen LogP contribution is 2.53. The van der Waals surface area contributed by atoms with Crippen LogP contribution in [0.1, 0.15) is 43.9 Å². The molecular formula is C24H30N2O3S. The summed E-state index contributed by atoms with van der Waals surface area (Å²) in [5.41, 5.74) is 8.12. The van der Waals surface area contributed by atoms with Crippen LogP contribution in [-0.4, -0.2) is 41.4 Å². The second-order valence-electron chi connectivity index (χ2n) is 9.35. The lowest BCUT2D eigenvalue weighted by Crippen LogP contribution is -2.48. The largest absolute Gasteiger partial charge is 0.363 e. The summed E-state index contributed by atoms with van der Waals surface area (Å²) in [6, 6.07) is 7.32. The molecule has 3 N–H and O–H groups in total. The molecule has 30 heavy (non-hydrogen) atoms. The van der Waals surface area contributed by atoms with E-state index in [-0.39, 0.29) is 47.0 Å². The second kappa shape index (κ2) is 8.37. The molecule has 1 aliphatic heterocycles. The molecule has 1 aromatic rings. The summed E-state index contributed by atoms with van der Waals surface area (Å²) < 4.78 is 5.89. The van der Waals surface area contributed by atoms with Crippen molar-refractivity contribution in [3.05, 3.63) is 35.4 Å². The first-order chi connectivity index (χ1) is 14.3. The molecule has 1 heterocycles. The lowest BCUT2D eigenvalue weighted by atomic mass is 9.75. The van der Waals surface area contributed by atoms with Gasteiger partial charge in [0.15, 0.2) is 5.78 Å². The van der Waals surface area contributed by atoms with Crippen molar-refractivity contribution in [1.82, 2.24) is 5.32 Å². The van der Waals surface area contributed by atoms with Gasteiger partial charge in [0.05, 0.1) is 24.1 Å². The summed E-state index contributed by atoms with van der Waals surface area (Å²) in [5, 5.41) is 3.40. The van der Waals surface area contributed by atoms with E-state index in [4.69, 9.17) is 16.9 Å². The molecule has 0 radical (unpaired) electrons. The smallest absolute Gasteiger partial charge is 0.224 e. The van der Waals surface area contributed by atoms with E-state index in [1.807, 2.05) is 18.2 Å². The van der Waals surface area contributed by atoms with E-state index >= 15 is 0 Å². The van der Waals surface area contributed by atoms with Gasteiger partial charge in [-0.1, -0.05) is 44.0 Å². The van der Waals surface area contributed by atoms with Crippen molar-refractivity contribution in [1.29, 1.82) is 0 Å². The van der Waals surface area contributed by atoms with Gasteiger partial charge in [-0.3, -0.25) is 9.59 Å². The molecule has 5 nitrogen and oxygen atoms in total. The highest BCUT2D eigenvalue weighted by Gasteiger charge is 2.56. The first kappa shape index (κ1) is 21.4. The van der Waals surface area contributed by atoms with Crippen LogP contribution in [0.15, 0.2) is 24.3 Å². The van der Waals surface area contributed by atoms with E-state index in [2.05, 4.69) is 31.2 Å². The SMILES string of the molecule is C#CCO[C@@H]1Cc2ccccc2[C@@H]1NC(=O)[C@H]1C2C(=O)[C@@H](N)CCS[C@H]2CC1(C)C. The molecule has 6 atom stereocenters. The number of thioether (sulfide) groups is 1. The maximum Gasteiger partial charge on any atom is 0.224 e. The van der Waals surface area contributed by atoms with Gasteiger partial charge < -0.3 is 15.8 Å².